The second kappa shape index (κ2) is 7.99. The average Bonchev–Trinajstić information content (AvgIpc) is 2.54. The van der Waals surface area contributed by atoms with Crippen LogP contribution >= 0.6 is 11.8 Å². The zero-order chi connectivity index (χ0) is 16.0. The van der Waals surface area contributed by atoms with Gasteiger partial charge >= 0.3 is 0 Å². The lowest BCUT2D eigenvalue weighted by Crippen LogP contribution is -2.41. The molecule has 7 heteroatoms. The first kappa shape index (κ1) is 17.3. The summed E-state index contributed by atoms with van der Waals surface area (Å²) in [7, 11) is -3.38. The fraction of sp³-hybridized carbons (Fsp3) is 0.533. The van der Waals surface area contributed by atoms with Crippen molar-refractivity contribution in [2.45, 2.75) is 17.7 Å². The number of nitrogens with one attached hydrogen (secondary N) is 1. The molecule has 22 heavy (non-hydrogen) atoms. The van der Waals surface area contributed by atoms with Crippen molar-refractivity contribution in [3.8, 4) is 0 Å². The molecule has 0 aliphatic carbocycles. The number of carbonyl (C=O) groups excluding carboxylic acids is 1. The minimum absolute atomic E-state index is 0.0480. The maximum absolute atomic E-state index is 12.5. The smallest absolute Gasteiger partial charge is 0.243 e. The summed E-state index contributed by atoms with van der Waals surface area (Å²) in [6.07, 6.45) is 3.46. The van der Waals surface area contributed by atoms with E-state index in [0.29, 0.717) is 36.2 Å². The van der Waals surface area contributed by atoms with Crippen molar-refractivity contribution >= 4 is 27.7 Å². The molecule has 1 N–H and O–H groups in total. The van der Waals surface area contributed by atoms with E-state index in [1.165, 1.54) is 11.8 Å². The van der Waals surface area contributed by atoms with Gasteiger partial charge in [-0.1, -0.05) is 18.2 Å². The number of hydrogen-bond donors (Lipinski definition) is 1. The van der Waals surface area contributed by atoms with Crippen LogP contribution in [0.3, 0.4) is 0 Å². The highest BCUT2D eigenvalue weighted by Gasteiger charge is 2.29. The van der Waals surface area contributed by atoms with Gasteiger partial charge in [-0.3, -0.25) is 4.79 Å². The van der Waals surface area contributed by atoms with Gasteiger partial charge in [0.15, 0.2) is 0 Å². The Morgan fingerprint density at radius 2 is 1.91 bits per heavy atom. The lowest BCUT2D eigenvalue weighted by atomic mass is 9.98. The Bertz CT molecular complexity index is 582. The lowest BCUT2D eigenvalue weighted by Gasteiger charge is -2.31. The number of piperidine rings is 1. The molecule has 0 bridgehead atoms. The molecule has 1 saturated heterocycles. The number of sulfonamides is 1. The van der Waals surface area contributed by atoms with E-state index in [-0.39, 0.29) is 5.91 Å². The lowest BCUT2D eigenvalue weighted by molar-refractivity contribution is -0.118. The van der Waals surface area contributed by atoms with Crippen molar-refractivity contribution in [3.63, 3.8) is 0 Å². The van der Waals surface area contributed by atoms with Gasteiger partial charge in [-0.25, -0.2) is 8.42 Å². The molecule has 0 radical (unpaired) electrons. The molecule has 1 amide bonds. The summed E-state index contributed by atoms with van der Waals surface area (Å²) >= 11 is 1.50. The quantitative estimate of drug-likeness (QED) is 0.852. The van der Waals surface area contributed by atoms with Gasteiger partial charge in [0.1, 0.15) is 0 Å². The van der Waals surface area contributed by atoms with Gasteiger partial charge in [-0.15, -0.1) is 0 Å². The summed E-state index contributed by atoms with van der Waals surface area (Å²) in [4.78, 5) is 11.8. The van der Waals surface area contributed by atoms with Crippen molar-refractivity contribution in [2.24, 2.45) is 5.92 Å². The van der Waals surface area contributed by atoms with Crippen LogP contribution in [0.5, 0.6) is 0 Å². The molecule has 0 aromatic heterocycles. The molecule has 1 aliphatic rings. The molecule has 0 spiro atoms. The van der Waals surface area contributed by atoms with E-state index in [1.54, 1.807) is 28.6 Å². The second-order valence-electron chi connectivity index (χ2n) is 5.40. The molecule has 122 valence electrons. The third-order valence-corrected chi connectivity index (χ3v) is 6.28. The van der Waals surface area contributed by atoms with E-state index >= 15 is 0 Å². The van der Waals surface area contributed by atoms with Crippen LogP contribution in [0.4, 0.5) is 0 Å². The van der Waals surface area contributed by atoms with Crippen LogP contribution in [0.15, 0.2) is 35.2 Å². The fourth-order valence-electron chi connectivity index (χ4n) is 2.54. The fourth-order valence-corrected chi connectivity index (χ4v) is 4.39. The van der Waals surface area contributed by atoms with E-state index in [0.717, 1.165) is 12.8 Å². The first-order valence-electron chi connectivity index (χ1n) is 7.35. The highest BCUT2D eigenvalue weighted by atomic mass is 32.2. The number of rotatable bonds is 6. The summed E-state index contributed by atoms with van der Waals surface area (Å²) in [5.74, 6) is 0.876. The van der Waals surface area contributed by atoms with E-state index in [4.69, 9.17) is 0 Å². The number of nitrogens with zero attached hydrogens (tertiary/aromatic N) is 1. The third kappa shape index (κ3) is 4.47. The molecule has 5 nitrogen and oxygen atoms in total. The highest BCUT2D eigenvalue weighted by Crippen LogP contribution is 2.23. The van der Waals surface area contributed by atoms with Crippen LogP contribution in [-0.2, 0) is 14.8 Å². The summed E-state index contributed by atoms with van der Waals surface area (Å²) in [6.45, 7) is 1.67. The molecular weight excluding hydrogens is 320 g/mol. The van der Waals surface area contributed by atoms with Crippen LogP contribution < -0.4 is 5.32 Å². The van der Waals surface area contributed by atoms with Gasteiger partial charge in [0, 0.05) is 19.6 Å². The van der Waals surface area contributed by atoms with Gasteiger partial charge in [0.2, 0.25) is 15.9 Å². The Balaban J connectivity index is 1.86. The van der Waals surface area contributed by atoms with Crippen LogP contribution in [0.25, 0.3) is 0 Å². The van der Waals surface area contributed by atoms with Gasteiger partial charge in [-0.2, -0.15) is 16.1 Å². The van der Waals surface area contributed by atoms with Gasteiger partial charge < -0.3 is 5.32 Å². The first-order chi connectivity index (χ1) is 10.5. The van der Waals surface area contributed by atoms with E-state index in [1.807, 2.05) is 12.3 Å². The van der Waals surface area contributed by atoms with E-state index < -0.39 is 10.0 Å². The predicted octanol–water partition coefficient (Wildman–Crippen LogP) is 1.57. The molecule has 1 aromatic carbocycles. The predicted molar refractivity (Wildman–Crippen MR) is 89.3 cm³/mol. The molecule has 1 aromatic rings. The Hall–Kier alpha value is -1.05. The molecule has 1 fully saturated rings. The van der Waals surface area contributed by atoms with Crippen LogP contribution in [0, 0.1) is 5.92 Å². The number of thioether (sulfide) groups is 1. The van der Waals surface area contributed by atoms with Crippen molar-refractivity contribution in [2.75, 3.05) is 31.6 Å². The standard InChI is InChI=1S/C15H22N2O3S2/c1-21-12-15(18)16-11-13-7-9-17(10-8-13)22(19,20)14-5-3-2-4-6-14/h2-6,13H,7-12H2,1H3,(H,16,18). The maximum atomic E-state index is 12.5. The van der Waals surface area contributed by atoms with Gasteiger partial charge in [0.05, 0.1) is 10.6 Å². The minimum atomic E-state index is -3.38. The van der Waals surface area contributed by atoms with Crippen molar-refractivity contribution in [1.82, 2.24) is 9.62 Å². The zero-order valence-electron chi connectivity index (χ0n) is 12.7. The number of hydrogen-bond acceptors (Lipinski definition) is 4. The van der Waals surface area contributed by atoms with E-state index in [9.17, 15) is 13.2 Å². The van der Waals surface area contributed by atoms with Gasteiger partial charge in [0.25, 0.3) is 0 Å². The Morgan fingerprint density at radius 1 is 1.27 bits per heavy atom. The molecular formula is C15H22N2O3S2. The van der Waals surface area contributed by atoms with Crippen LogP contribution in [0.2, 0.25) is 0 Å². The average molecular weight is 342 g/mol. The third-order valence-electron chi connectivity index (χ3n) is 3.82. The number of amides is 1. The van der Waals surface area contributed by atoms with Crippen molar-refractivity contribution in [1.29, 1.82) is 0 Å². The zero-order valence-corrected chi connectivity index (χ0v) is 14.3. The topological polar surface area (TPSA) is 66.5 Å². The molecule has 0 saturated carbocycles. The number of benzene rings is 1. The minimum Gasteiger partial charge on any atom is -0.355 e. The Labute approximate surface area is 136 Å². The second-order valence-corrected chi connectivity index (χ2v) is 8.20. The van der Waals surface area contributed by atoms with Crippen LogP contribution in [0.1, 0.15) is 12.8 Å². The molecule has 1 aliphatic heterocycles. The van der Waals surface area contributed by atoms with Crippen molar-refractivity contribution < 1.29 is 13.2 Å². The largest absolute Gasteiger partial charge is 0.355 e. The number of carbonyl (C=O) groups is 1. The Morgan fingerprint density at radius 3 is 2.50 bits per heavy atom. The molecule has 1 heterocycles. The first-order valence-corrected chi connectivity index (χ1v) is 10.2. The van der Waals surface area contributed by atoms with Crippen LogP contribution in [-0.4, -0.2) is 50.3 Å². The monoisotopic (exact) mass is 342 g/mol. The summed E-state index contributed by atoms with van der Waals surface area (Å²) < 4.78 is 26.5. The highest BCUT2D eigenvalue weighted by molar-refractivity contribution is 7.99. The molecule has 2 rings (SSSR count). The molecule has 0 unspecified atom stereocenters. The summed E-state index contributed by atoms with van der Waals surface area (Å²) in [5, 5.41) is 2.91. The summed E-state index contributed by atoms with van der Waals surface area (Å²) in [6, 6.07) is 8.54. The Kier molecular flexibility index (Phi) is 6.28. The normalized spacial score (nSPS) is 17.3. The van der Waals surface area contributed by atoms with E-state index in [2.05, 4.69) is 5.32 Å². The SMILES string of the molecule is CSCC(=O)NCC1CCN(S(=O)(=O)c2ccccc2)CC1. The maximum Gasteiger partial charge on any atom is 0.243 e. The molecule has 0 atom stereocenters. The van der Waals surface area contributed by atoms with Gasteiger partial charge in [-0.05, 0) is 37.1 Å². The van der Waals surface area contributed by atoms with Crippen molar-refractivity contribution in [3.05, 3.63) is 30.3 Å². The summed E-state index contributed by atoms with van der Waals surface area (Å²) in [5.41, 5.74) is 0.